The monoisotopic (exact) mass is 217 g/mol. The number of aromatic nitrogens is 1. The first kappa shape index (κ1) is 10.4. The van der Waals surface area contributed by atoms with Crippen LogP contribution in [0.15, 0.2) is 30.5 Å². The molecule has 1 aromatic heterocycles. The molecule has 4 nitrogen and oxygen atoms in total. The van der Waals surface area contributed by atoms with Crippen LogP contribution < -0.4 is 4.74 Å². The molecular weight excluding hydrogens is 206 g/mol. The predicted molar refractivity (Wildman–Crippen MR) is 59.6 cm³/mol. The standard InChI is InChI=1S/C12H11NO3/c1-8-4-5-13-11-6-9(2-3-10(8)11)16-7-12(14)15/h2-6H,7H2,1H3,(H,14,15). The largest absolute Gasteiger partial charge is 0.482 e. The van der Waals surface area contributed by atoms with Crippen molar-refractivity contribution in [3.63, 3.8) is 0 Å². The molecule has 0 bridgehead atoms. The van der Waals surface area contributed by atoms with E-state index in [0.29, 0.717) is 5.75 Å². The topological polar surface area (TPSA) is 59.4 Å². The molecule has 2 rings (SSSR count). The van der Waals surface area contributed by atoms with Crippen LogP contribution in [0.4, 0.5) is 0 Å². The molecule has 0 radical (unpaired) electrons. The van der Waals surface area contributed by atoms with E-state index in [9.17, 15) is 4.79 Å². The van der Waals surface area contributed by atoms with Crippen molar-refractivity contribution in [2.75, 3.05) is 6.61 Å². The fourth-order valence-corrected chi connectivity index (χ4v) is 1.51. The molecule has 0 saturated carbocycles. The van der Waals surface area contributed by atoms with Gasteiger partial charge >= 0.3 is 5.97 Å². The van der Waals surface area contributed by atoms with Gasteiger partial charge in [-0.2, -0.15) is 0 Å². The summed E-state index contributed by atoms with van der Waals surface area (Å²) in [5, 5.41) is 9.54. The number of rotatable bonds is 3. The fraction of sp³-hybridized carbons (Fsp3) is 0.167. The van der Waals surface area contributed by atoms with E-state index in [2.05, 4.69) is 4.98 Å². The summed E-state index contributed by atoms with van der Waals surface area (Å²) < 4.78 is 5.08. The second-order valence-electron chi connectivity index (χ2n) is 3.49. The van der Waals surface area contributed by atoms with E-state index < -0.39 is 5.97 Å². The van der Waals surface area contributed by atoms with Crippen molar-refractivity contribution in [2.45, 2.75) is 6.92 Å². The molecule has 82 valence electrons. The van der Waals surface area contributed by atoms with Crippen molar-refractivity contribution >= 4 is 16.9 Å². The molecule has 0 spiro atoms. The number of pyridine rings is 1. The number of hydrogen-bond donors (Lipinski definition) is 1. The van der Waals surface area contributed by atoms with Gasteiger partial charge in [0.1, 0.15) is 5.75 Å². The fourth-order valence-electron chi connectivity index (χ4n) is 1.51. The van der Waals surface area contributed by atoms with E-state index in [4.69, 9.17) is 9.84 Å². The maximum Gasteiger partial charge on any atom is 0.341 e. The average Bonchev–Trinajstić information content (AvgIpc) is 2.26. The highest BCUT2D eigenvalue weighted by atomic mass is 16.5. The number of hydrogen-bond acceptors (Lipinski definition) is 3. The van der Waals surface area contributed by atoms with Gasteiger partial charge in [0.05, 0.1) is 5.52 Å². The van der Waals surface area contributed by atoms with Crippen LogP contribution in [0.25, 0.3) is 10.9 Å². The third-order valence-electron chi connectivity index (χ3n) is 2.29. The Hall–Kier alpha value is -2.10. The van der Waals surface area contributed by atoms with Gasteiger partial charge in [0.2, 0.25) is 0 Å². The minimum absolute atomic E-state index is 0.336. The highest BCUT2D eigenvalue weighted by molar-refractivity contribution is 5.83. The summed E-state index contributed by atoms with van der Waals surface area (Å²) >= 11 is 0. The quantitative estimate of drug-likeness (QED) is 0.854. The van der Waals surface area contributed by atoms with Crippen LogP contribution in [0.5, 0.6) is 5.75 Å². The van der Waals surface area contributed by atoms with E-state index in [-0.39, 0.29) is 6.61 Å². The molecular formula is C12H11NO3. The van der Waals surface area contributed by atoms with Crippen molar-refractivity contribution in [1.29, 1.82) is 0 Å². The van der Waals surface area contributed by atoms with Gasteiger partial charge in [-0.25, -0.2) is 4.79 Å². The van der Waals surface area contributed by atoms with Gasteiger partial charge in [0, 0.05) is 17.6 Å². The number of fused-ring (bicyclic) bond motifs is 1. The highest BCUT2D eigenvalue weighted by Crippen LogP contribution is 2.21. The van der Waals surface area contributed by atoms with Gasteiger partial charge in [0.25, 0.3) is 0 Å². The van der Waals surface area contributed by atoms with Crippen LogP contribution in [0.3, 0.4) is 0 Å². The van der Waals surface area contributed by atoms with E-state index in [1.54, 1.807) is 18.3 Å². The maximum absolute atomic E-state index is 10.3. The molecule has 1 N–H and O–H groups in total. The Labute approximate surface area is 92.5 Å². The van der Waals surface area contributed by atoms with Crippen molar-refractivity contribution in [3.8, 4) is 5.75 Å². The number of nitrogens with zero attached hydrogens (tertiary/aromatic N) is 1. The predicted octanol–water partition coefficient (Wildman–Crippen LogP) is 2.01. The van der Waals surface area contributed by atoms with Crippen molar-refractivity contribution in [3.05, 3.63) is 36.0 Å². The molecule has 0 atom stereocenters. The molecule has 0 aliphatic heterocycles. The molecule has 1 heterocycles. The smallest absolute Gasteiger partial charge is 0.341 e. The Morgan fingerprint density at radius 2 is 2.25 bits per heavy atom. The molecule has 1 aromatic carbocycles. The summed E-state index contributed by atoms with van der Waals surface area (Å²) in [6.07, 6.45) is 1.72. The third-order valence-corrected chi connectivity index (χ3v) is 2.29. The molecule has 0 aliphatic carbocycles. The van der Waals surface area contributed by atoms with E-state index >= 15 is 0 Å². The highest BCUT2D eigenvalue weighted by Gasteiger charge is 2.02. The Morgan fingerprint density at radius 3 is 3.00 bits per heavy atom. The lowest BCUT2D eigenvalue weighted by atomic mass is 10.1. The molecule has 0 amide bonds. The summed E-state index contributed by atoms with van der Waals surface area (Å²) in [5.74, 6) is -0.467. The molecule has 2 aromatic rings. The number of carboxylic acids is 1. The van der Waals surface area contributed by atoms with Crippen LogP contribution in [0.1, 0.15) is 5.56 Å². The lowest BCUT2D eigenvalue weighted by Gasteiger charge is -2.05. The summed E-state index contributed by atoms with van der Waals surface area (Å²) in [6.45, 7) is 1.67. The van der Waals surface area contributed by atoms with Crippen LogP contribution in [-0.2, 0) is 4.79 Å². The maximum atomic E-state index is 10.3. The number of aryl methyl sites for hydroxylation is 1. The number of carboxylic acid groups (broad SMARTS) is 1. The molecule has 0 aliphatic rings. The number of ether oxygens (including phenoxy) is 1. The lowest BCUT2D eigenvalue weighted by Crippen LogP contribution is -2.09. The summed E-state index contributed by atoms with van der Waals surface area (Å²) in [6, 6.07) is 7.31. The molecule has 0 fully saturated rings. The number of benzene rings is 1. The van der Waals surface area contributed by atoms with Crippen LogP contribution in [0, 0.1) is 6.92 Å². The lowest BCUT2D eigenvalue weighted by molar-refractivity contribution is -0.139. The van der Waals surface area contributed by atoms with Crippen molar-refractivity contribution in [2.24, 2.45) is 0 Å². The minimum Gasteiger partial charge on any atom is -0.482 e. The first-order chi connectivity index (χ1) is 7.66. The van der Waals surface area contributed by atoms with Crippen LogP contribution in [-0.4, -0.2) is 22.7 Å². The van der Waals surface area contributed by atoms with Gasteiger partial charge in [-0.1, -0.05) is 0 Å². The zero-order valence-corrected chi connectivity index (χ0v) is 8.80. The first-order valence-electron chi connectivity index (χ1n) is 4.87. The van der Waals surface area contributed by atoms with Crippen LogP contribution >= 0.6 is 0 Å². The normalized spacial score (nSPS) is 10.3. The first-order valence-corrected chi connectivity index (χ1v) is 4.87. The second kappa shape index (κ2) is 4.18. The van der Waals surface area contributed by atoms with Crippen LogP contribution in [0.2, 0.25) is 0 Å². The van der Waals surface area contributed by atoms with Crippen molar-refractivity contribution < 1.29 is 14.6 Å². The van der Waals surface area contributed by atoms with Gasteiger partial charge < -0.3 is 9.84 Å². The van der Waals surface area contributed by atoms with Gasteiger partial charge in [-0.3, -0.25) is 4.98 Å². The summed E-state index contributed by atoms with van der Waals surface area (Å²) in [4.78, 5) is 14.6. The number of aliphatic carboxylic acids is 1. The average molecular weight is 217 g/mol. The van der Waals surface area contributed by atoms with Crippen molar-refractivity contribution in [1.82, 2.24) is 4.98 Å². The van der Waals surface area contributed by atoms with Gasteiger partial charge in [-0.15, -0.1) is 0 Å². The van der Waals surface area contributed by atoms with Gasteiger partial charge in [0.15, 0.2) is 6.61 Å². The summed E-state index contributed by atoms with van der Waals surface area (Å²) in [7, 11) is 0. The third kappa shape index (κ3) is 2.11. The number of carbonyl (C=O) groups is 1. The Kier molecular flexibility index (Phi) is 2.72. The van der Waals surface area contributed by atoms with Gasteiger partial charge in [-0.05, 0) is 30.7 Å². The Bertz CT molecular complexity index is 537. The zero-order valence-electron chi connectivity index (χ0n) is 8.80. The molecule has 4 heteroatoms. The Morgan fingerprint density at radius 1 is 1.44 bits per heavy atom. The minimum atomic E-state index is -0.989. The SMILES string of the molecule is Cc1ccnc2cc(OCC(=O)O)ccc12. The van der Waals surface area contributed by atoms with E-state index in [1.807, 2.05) is 19.1 Å². The molecule has 0 saturated heterocycles. The molecule has 16 heavy (non-hydrogen) atoms. The van der Waals surface area contributed by atoms with E-state index in [1.165, 1.54) is 0 Å². The molecule has 0 unspecified atom stereocenters. The second-order valence-corrected chi connectivity index (χ2v) is 3.49. The zero-order chi connectivity index (χ0) is 11.5. The Balaban J connectivity index is 2.33. The summed E-state index contributed by atoms with van der Waals surface area (Å²) in [5.41, 5.74) is 1.94. The van der Waals surface area contributed by atoms with E-state index in [0.717, 1.165) is 16.5 Å².